The average molecular weight is 287 g/mol. The summed E-state index contributed by atoms with van der Waals surface area (Å²) in [6.45, 7) is 2.03. The minimum atomic E-state index is -0.308. The molecule has 3 rings (SSSR count). The van der Waals surface area contributed by atoms with Crippen molar-refractivity contribution >= 4 is 16.9 Å². The van der Waals surface area contributed by atoms with Crippen molar-refractivity contribution in [2.24, 2.45) is 5.92 Å². The summed E-state index contributed by atoms with van der Waals surface area (Å²) >= 11 is 0. The van der Waals surface area contributed by atoms with E-state index in [-0.39, 0.29) is 30.5 Å². The smallest absolute Gasteiger partial charge is 0.243 e. The van der Waals surface area contributed by atoms with Crippen LogP contribution in [-0.4, -0.2) is 33.2 Å². The van der Waals surface area contributed by atoms with E-state index >= 15 is 0 Å². The molecule has 1 aliphatic carbocycles. The number of benzene rings is 1. The predicted molar refractivity (Wildman–Crippen MR) is 80.8 cm³/mol. The van der Waals surface area contributed by atoms with Gasteiger partial charge in [-0.25, -0.2) is 4.98 Å². The molecule has 5 heteroatoms. The van der Waals surface area contributed by atoms with E-state index in [1.807, 2.05) is 35.8 Å². The normalized spacial score (nSPS) is 23.3. The van der Waals surface area contributed by atoms with Crippen molar-refractivity contribution < 1.29 is 9.90 Å². The fourth-order valence-corrected chi connectivity index (χ4v) is 3.16. The molecule has 112 valence electrons. The van der Waals surface area contributed by atoms with Gasteiger partial charge in [-0.05, 0) is 31.9 Å². The van der Waals surface area contributed by atoms with Gasteiger partial charge in [-0.1, -0.05) is 18.6 Å². The number of carbonyl (C=O) groups is 1. The molecule has 1 aliphatic rings. The van der Waals surface area contributed by atoms with Crippen LogP contribution in [0.3, 0.4) is 0 Å². The Hall–Kier alpha value is -1.88. The van der Waals surface area contributed by atoms with Gasteiger partial charge in [0, 0.05) is 18.6 Å². The number of hydrogen-bond donors (Lipinski definition) is 2. The molecule has 0 aliphatic heterocycles. The molecule has 1 aromatic carbocycles. The first-order chi connectivity index (χ1) is 10.2. The Morgan fingerprint density at radius 2 is 2.29 bits per heavy atom. The zero-order valence-electron chi connectivity index (χ0n) is 12.2. The fourth-order valence-electron chi connectivity index (χ4n) is 3.16. The number of carbonyl (C=O) groups excluding carboxylic acids is 1. The number of aliphatic hydroxyl groups excluding tert-OH is 1. The zero-order valence-corrected chi connectivity index (χ0v) is 12.2. The van der Waals surface area contributed by atoms with Crippen molar-refractivity contribution in [3.63, 3.8) is 0 Å². The molecule has 3 atom stereocenters. The van der Waals surface area contributed by atoms with Crippen LogP contribution in [-0.2, 0) is 4.79 Å². The minimum absolute atomic E-state index is 0.0106. The van der Waals surface area contributed by atoms with Crippen molar-refractivity contribution in [2.75, 3.05) is 6.61 Å². The highest BCUT2D eigenvalue weighted by Gasteiger charge is 2.29. The number of fused-ring (bicyclic) bond motifs is 1. The van der Waals surface area contributed by atoms with Crippen LogP contribution >= 0.6 is 0 Å². The van der Waals surface area contributed by atoms with Gasteiger partial charge in [-0.15, -0.1) is 0 Å². The summed E-state index contributed by atoms with van der Waals surface area (Å²) in [5.41, 5.74) is 1.86. The number of aliphatic hydroxyl groups is 1. The number of aromatic nitrogens is 2. The van der Waals surface area contributed by atoms with Crippen LogP contribution < -0.4 is 5.32 Å². The summed E-state index contributed by atoms with van der Waals surface area (Å²) in [4.78, 5) is 16.8. The molecule has 3 unspecified atom stereocenters. The van der Waals surface area contributed by atoms with Crippen LogP contribution in [0.1, 0.15) is 32.2 Å². The molecule has 1 fully saturated rings. The SMILES string of the molecule is CC(C(=O)NC1CCCC1CO)n1cnc2ccccc21. The number of nitrogens with zero attached hydrogens (tertiary/aromatic N) is 2. The lowest BCUT2D eigenvalue weighted by Crippen LogP contribution is -2.41. The Morgan fingerprint density at radius 3 is 3.10 bits per heavy atom. The Balaban J connectivity index is 1.75. The first-order valence-electron chi connectivity index (χ1n) is 7.53. The van der Waals surface area contributed by atoms with E-state index in [9.17, 15) is 9.90 Å². The number of nitrogens with one attached hydrogen (secondary N) is 1. The third-order valence-corrected chi connectivity index (χ3v) is 4.50. The van der Waals surface area contributed by atoms with Crippen LogP contribution in [0.5, 0.6) is 0 Å². The van der Waals surface area contributed by atoms with E-state index in [2.05, 4.69) is 10.3 Å². The summed E-state index contributed by atoms with van der Waals surface area (Å²) in [6, 6.07) is 7.59. The topological polar surface area (TPSA) is 67.2 Å². The maximum absolute atomic E-state index is 12.5. The molecule has 1 saturated carbocycles. The molecule has 2 N–H and O–H groups in total. The maximum Gasteiger partial charge on any atom is 0.243 e. The van der Waals surface area contributed by atoms with Crippen molar-refractivity contribution in [1.29, 1.82) is 0 Å². The quantitative estimate of drug-likeness (QED) is 0.902. The molecular formula is C16H21N3O2. The highest BCUT2D eigenvalue weighted by Crippen LogP contribution is 2.26. The molecule has 1 aromatic heterocycles. The first-order valence-corrected chi connectivity index (χ1v) is 7.53. The maximum atomic E-state index is 12.5. The van der Waals surface area contributed by atoms with Crippen LogP contribution in [0.4, 0.5) is 0 Å². The van der Waals surface area contributed by atoms with Gasteiger partial charge in [0.05, 0.1) is 17.4 Å². The predicted octanol–water partition coefficient (Wildman–Crippen LogP) is 1.87. The Morgan fingerprint density at radius 1 is 1.48 bits per heavy atom. The molecule has 5 nitrogen and oxygen atoms in total. The Kier molecular flexibility index (Phi) is 3.92. The molecule has 0 bridgehead atoms. The molecule has 0 spiro atoms. The van der Waals surface area contributed by atoms with E-state index in [1.165, 1.54) is 0 Å². The number of imidazole rings is 1. The molecule has 21 heavy (non-hydrogen) atoms. The van der Waals surface area contributed by atoms with Gasteiger partial charge in [-0.3, -0.25) is 4.79 Å². The van der Waals surface area contributed by atoms with Gasteiger partial charge in [0.1, 0.15) is 6.04 Å². The summed E-state index contributed by atoms with van der Waals surface area (Å²) in [5, 5.41) is 12.4. The van der Waals surface area contributed by atoms with Crippen molar-refractivity contribution in [3.8, 4) is 0 Å². The number of amides is 1. The molecule has 0 saturated heterocycles. The zero-order chi connectivity index (χ0) is 14.8. The van der Waals surface area contributed by atoms with Gasteiger partial charge in [-0.2, -0.15) is 0 Å². The van der Waals surface area contributed by atoms with Crippen LogP contribution in [0.15, 0.2) is 30.6 Å². The third-order valence-electron chi connectivity index (χ3n) is 4.50. The third kappa shape index (κ3) is 2.65. The first kappa shape index (κ1) is 14.1. The van der Waals surface area contributed by atoms with Gasteiger partial charge >= 0.3 is 0 Å². The van der Waals surface area contributed by atoms with Crippen LogP contribution in [0.25, 0.3) is 11.0 Å². The van der Waals surface area contributed by atoms with Crippen molar-refractivity contribution in [3.05, 3.63) is 30.6 Å². The minimum Gasteiger partial charge on any atom is -0.396 e. The summed E-state index contributed by atoms with van der Waals surface area (Å²) in [5.74, 6) is 0.184. The lowest BCUT2D eigenvalue weighted by Gasteiger charge is -2.22. The summed E-state index contributed by atoms with van der Waals surface area (Å²) < 4.78 is 1.90. The second-order valence-electron chi connectivity index (χ2n) is 5.81. The number of para-hydroxylation sites is 2. The van der Waals surface area contributed by atoms with E-state index in [4.69, 9.17) is 0 Å². The Labute approximate surface area is 124 Å². The summed E-state index contributed by atoms with van der Waals surface area (Å²) in [6.07, 6.45) is 4.73. The molecule has 0 radical (unpaired) electrons. The van der Waals surface area contributed by atoms with Crippen molar-refractivity contribution in [1.82, 2.24) is 14.9 Å². The second kappa shape index (κ2) is 5.85. The van der Waals surface area contributed by atoms with Gasteiger partial charge in [0.15, 0.2) is 0 Å². The highest BCUT2D eigenvalue weighted by atomic mass is 16.3. The molecule has 2 aromatic rings. The van der Waals surface area contributed by atoms with Crippen LogP contribution in [0, 0.1) is 5.92 Å². The van der Waals surface area contributed by atoms with Crippen LogP contribution in [0.2, 0.25) is 0 Å². The van der Waals surface area contributed by atoms with Gasteiger partial charge < -0.3 is 15.0 Å². The van der Waals surface area contributed by atoms with Gasteiger partial charge in [0.25, 0.3) is 0 Å². The van der Waals surface area contributed by atoms with Gasteiger partial charge in [0.2, 0.25) is 5.91 Å². The van der Waals surface area contributed by atoms with E-state index in [1.54, 1.807) is 6.33 Å². The monoisotopic (exact) mass is 287 g/mol. The lowest BCUT2D eigenvalue weighted by molar-refractivity contribution is -0.124. The standard InChI is InChI=1S/C16H21N3O2/c1-11(16(21)18-13-7-4-5-12(13)9-20)19-10-17-14-6-2-3-8-15(14)19/h2-3,6,8,10-13,20H,4-5,7,9H2,1H3,(H,18,21). The largest absolute Gasteiger partial charge is 0.396 e. The fraction of sp³-hybridized carbons (Fsp3) is 0.500. The Bertz CT molecular complexity index is 637. The second-order valence-corrected chi connectivity index (χ2v) is 5.81. The summed E-state index contributed by atoms with van der Waals surface area (Å²) in [7, 11) is 0. The molecule has 1 amide bonds. The van der Waals surface area contributed by atoms with Crippen molar-refractivity contribution in [2.45, 2.75) is 38.3 Å². The van der Waals surface area contributed by atoms with E-state index < -0.39 is 0 Å². The molecule has 1 heterocycles. The molecular weight excluding hydrogens is 266 g/mol. The number of rotatable bonds is 4. The van der Waals surface area contributed by atoms with E-state index in [0.29, 0.717) is 0 Å². The number of hydrogen-bond acceptors (Lipinski definition) is 3. The average Bonchev–Trinajstić information content (AvgIpc) is 3.12. The van der Waals surface area contributed by atoms with E-state index in [0.717, 1.165) is 30.3 Å². The lowest BCUT2D eigenvalue weighted by atomic mass is 10.0. The highest BCUT2D eigenvalue weighted by molar-refractivity contribution is 5.83.